The zero-order valence-electron chi connectivity index (χ0n) is 8.92. The summed E-state index contributed by atoms with van der Waals surface area (Å²) in [5, 5.41) is 33.4. The van der Waals surface area contributed by atoms with Gasteiger partial charge in [-0.3, -0.25) is 0 Å². The van der Waals surface area contributed by atoms with Gasteiger partial charge in [0, 0.05) is 12.3 Å². The number of halogens is 1. The summed E-state index contributed by atoms with van der Waals surface area (Å²) < 4.78 is 13.3. The lowest BCUT2D eigenvalue weighted by atomic mass is 10.2. The molecule has 0 amide bonds. The van der Waals surface area contributed by atoms with Gasteiger partial charge >= 0.3 is 0 Å². The Morgan fingerprint density at radius 2 is 2.39 bits per heavy atom. The number of H-pyrrole nitrogens is 1. The van der Waals surface area contributed by atoms with Crippen LogP contribution in [0.5, 0.6) is 5.75 Å². The quantitative estimate of drug-likeness (QED) is 0.697. The second-order valence-corrected chi connectivity index (χ2v) is 3.21. The van der Waals surface area contributed by atoms with Crippen molar-refractivity contribution in [2.75, 3.05) is 5.32 Å². The summed E-state index contributed by atoms with van der Waals surface area (Å²) in [6.45, 7) is 0. The van der Waals surface area contributed by atoms with Crippen molar-refractivity contribution in [3.05, 3.63) is 36.0 Å². The van der Waals surface area contributed by atoms with Gasteiger partial charge in [-0.2, -0.15) is 10.5 Å². The molecular formula is C10H7FN6O. The molecule has 1 aromatic heterocycles. The molecule has 0 unspecified atom stereocenters. The predicted octanol–water partition coefficient (Wildman–Crippen LogP) is 1.02. The molecule has 90 valence electrons. The number of phenolic OH excluding ortho intramolecular Hbond substituents is 1. The average Bonchev–Trinajstić information content (AvgIpc) is 2.88. The third kappa shape index (κ3) is 2.41. The Balaban J connectivity index is 2.24. The number of nitrogens with zero attached hydrogens (tertiary/aromatic N) is 4. The van der Waals surface area contributed by atoms with Crippen LogP contribution in [0.1, 0.15) is 5.82 Å². The highest BCUT2D eigenvalue weighted by atomic mass is 19.1. The maximum atomic E-state index is 13.3. The van der Waals surface area contributed by atoms with Gasteiger partial charge in [-0.15, -0.1) is 10.2 Å². The van der Waals surface area contributed by atoms with E-state index in [0.717, 1.165) is 6.07 Å². The molecule has 18 heavy (non-hydrogen) atoms. The van der Waals surface area contributed by atoms with Crippen LogP contribution >= 0.6 is 0 Å². The molecule has 8 heteroatoms. The van der Waals surface area contributed by atoms with E-state index >= 15 is 0 Å². The minimum absolute atomic E-state index is 0.0336. The third-order valence-corrected chi connectivity index (χ3v) is 2.03. The standard InChI is InChI=1S/C10H7FN6O/c11-8-2-1-7(18)3-9(8)13-5-6(4-12)10-14-16-17-15-10/h1-3,5,13,18H,(H,14,15,16,17). The van der Waals surface area contributed by atoms with Crippen LogP contribution in [0.4, 0.5) is 10.1 Å². The van der Waals surface area contributed by atoms with Gasteiger partial charge in [0.15, 0.2) is 0 Å². The van der Waals surface area contributed by atoms with Gasteiger partial charge in [0.1, 0.15) is 23.2 Å². The van der Waals surface area contributed by atoms with E-state index in [1.165, 1.54) is 18.3 Å². The number of nitriles is 1. The second kappa shape index (κ2) is 4.92. The fraction of sp³-hybridized carbons (Fsp3) is 0. The van der Waals surface area contributed by atoms with Gasteiger partial charge < -0.3 is 10.4 Å². The Kier molecular flexibility index (Phi) is 3.15. The topological polar surface area (TPSA) is 111 Å². The number of tetrazole rings is 1. The summed E-state index contributed by atoms with van der Waals surface area (Å²) in [6, 6.07) is 5.35. The molecule has 0 spiro atoms. The summed E-state index contributed by atoms with van der Waals surface area (Å²) >= 11 is 0. The highest BCUT2D eigenvalue weighted by Crippen LogP contribution is 2.20. The molecule has 7 nitrogen and oxygen atoms in total. The molecule has 0 atom stereocenters. The summed E-state index contributed by atoms with van der Waals surface area (Å²) in [6.07, 6.45) is 1.22. The smallest absolute Gasteiger partial charge is 0.216 e. The highest BCUT2D eigenvalue weighted by molar-refractivity contribution is 5.74. The van der Waals surface area contributed by atoms with Crippen LogP contribution in [0.2, 0.25) is 0 Å². The Labute approximate surface area is 101 Å². The fourth-order valence-electron chi connectivity index (χ4n) is 1.20. The van der Waals surface area contributed by atoms with Gasteiger partial charge in [0.05, 0.1) is 5.69 Å². The molecule has 0 saturated carbocycles. The maximum absolute atomic E-state index is 13.3. The van der Waals surface area contributed by atoms with E-state index < -0.39 is 5.82 Å². The number of nitrogens with one attached hydrogen (secondary N) is 2. The summed E-state index contributed by atoms with van der Waals surface area (Å²) in [5.41, 5.74) is 0.109. The lowest BCUT2D eigenvalue weighted by Gasteiger charge is -2.03. The van der Waals surface area contributed by atoms with Crippen molar-refractivity contribution in [2.45, 2.75) is 0 Å². The molecule has 0 aliphatic rings. The van der Waals surface area contributed by atoms with Crippen molar-refractivity contribution in [3.63, 3.8) is 0 Å². The maximum Gasteiger partial charge on any atom is 0.216 e. The molecule has 2 aromatic rings. The minimum Gasteiger partial charge on any atom is -0.508 e. The molecule has 0 bridgehead atoms. The van der Waals surface area contributed by atoms with Crippen LogP contribution in [0.15, 0.2) is 24.4 Å². The van der Waals surface area contributed by atoms with E-state index in [1.54, 1.807) is 0 Å². The van der Waals surface area contributed by atoms with Gasteiger partial charge in [-0.1, -0.05) is 0 Å². The van der Waals surface area contributed by atoms with Gasteiger partial charge in [-0.25, -0.2) is 4.39 Å². The Hall–Kier alpha value is -2.95. The van der Waals surface area contributed by atoms with E-state index in [4.69, 9.17) is 5.26 Å². The van der Waals surface area contributed by atoms with Crippen LogP contribution in [-0.4, -0.2) is 25.7 Å². The highest BCUT2D eigenvalue weighted by Gasteiger charge is 2.07. The van der Waals surface area contributed by atoms with Crippen LogP contribution in [0.3, 0.4) is 0 Å². The van der Waals surface area contributed by atoms with Crippen molar-refractivity contribution in [2.24, 2.45) is 0 Å². The average molecular weight is 246 g/mol. The first-order valence-corrected chi connectivity index (χ1v) is 4.80. The molecule has 0 radical (unpaired) electrons. The number of hydrogen-bond acceptors (Lipinski definition) is 6. The molecule has 3 N–H and O–H groups in total. The molecule has 0 saturated heterocycles. The van der Waals surface area contributed by atoms with Crippen LogP contribution in [-0.2, 0) is 0 Å². The first kappa shape index (κ1) is 11.5. The predicted molar refractivity (Wildman–Crippen MR) is 59.5 cm³/mol. The van der Waals surface area contributed by atoms with E-state index in [9.17, 15) is 9.50 Å². The van der Waals surface area contributed by atoms with Crippen LogP contribution < -0.4 is 5.32 Å². The minimum atomic E-state index is -0.561. The van der Waals surface area contributed by atoms with Gasteiger partial charge in [0.2, 0.25) is 5.82 Å². The zero-order chi connectivity index (χ0) is 13.0. The van der Waals surface area contributed by atoms with Crippen molar-refractivity contribution < 1.29 is 9.50 Å². The molecule has 1 aromatic carbocycles. The zero-order valence-corrected chi connectivity index (χ0v) is 8.92. The number of aromatic nitrogens is 4. The Bertz CT molecular complexity index is 616. The molecule has 0 fully saturated rings. The second-order valence-electron chi connectivity index (χ2n) is 3.21. The number of aromatic amines is 1. The van der Waals surface area contributed by atoms with E-state index in [0.29, 0.717) is 0 Å². The number of rotatable bonds is 3. The number of benzene rings is 1. The third-order valence-electron chi connectivity index (χ3n) is 2.03. The SMILES string of the molecule is N#CC(=CNc1cc(O)ccc1F)c1nn[nH]n1. The monoisotopic (exact) mass is 246 g/mol. The fourth-order valence-corrected chi connectivity index (χ4v) is 1.20. The van der Waals surface area contributed by atoms with Crippen LogP contribution in [0, 0.1) is 17.1 Å². The number of anilines is 1. The van der Waals surface area contributed by atoms with E-state index in [2.05, 4.69) is 25.9 Å². The van der Waals surface area contributed by atoms with Gasteiger partial charge in [-0.05, 0) is 17.3 Å². The normalized spacial score (nSPS) is 11.0. The lowest BCUT2D eigenvalue weighted by molar-refractivity contribution is 0.473. The number of allylic oxidation sites excluding steroid dienone is 1. The van der Waals surface area contributed by atoms with Gasteiger partial charge in [0.25, 0.3) is 0 Å². The summed E-state index contributed by atoms with van der Waals surface area (Å²) in [7, 11) is 0. The Morgan fingerprint density at radius 3 is 3.06 bits per heavy atom. The largest absolute Gasteiger partial charge is 0.508 e. The van der Waals surface area contributed by atoms with E-state index in [-0.39, 0.29) is 22.8 Å². The first-order valence-electron chi connectivity index (χ1n) is 4.80. The summed E-state index contributed by atoms with van der Waals surface area (Å²) in [5.74, 6) is -0.564. The van der Waals surface area contributed by atoms with Crippen molar-refractivity contribution in [1.82, 2.24) is 20.6 Å². The summed E-state index contributed by atoms with van der Waals surface area (Å²) in [4.78, 5) is 0. The number of aromatic hydroxyl groups is 1. The van der Waals surface area contributed by atoms with Crippen LogP contribution in [0.25, 0.3) is 5.57 Å². The van der Waals surface area contributed by atoms with Crippen molar-refractivity contribution in [1.29, 1.82) is 5.26 Å². The molecule has 2 rings (SSSR count). The number of phenols is 1. The number of hydrogen-bond donors (Lipinski definition) is 3. The molecule has 0 aliphatic heterocycles. The van der Waals surface area contributed by atoms with Crippen molar-refractivity contribution >= 4 is 11.3 Å². The first-order chi connectivity index (χ1) is 8.70. The molecule has 1 heterocycles. The van der Waals surface area contributed by atoms with E-state index in [1.807, 2.05) is 6.07 Å². The molecular weight excluding hydrogens is 239 g/mol. The Morgan fingerprint density at radius 1 is 1.56 bits per heavy atom. The van der Waals surface area contributed by atoms with Crippen molar-refractivity contribution in [3.8, 4) is 11.8 Å². The molecule has 0 aliphatic carbocycles. The lowest BCUT2D eigenvalue weighted by Crippen LogP contribution is -1.95.